The molecule has 0 saturated heterocycles. The molecule has 0 saturated carbocycles. The summed E-state index contributed by atoms with van der Waals surface area (Å²) in [6.07, 6.45) is 1.01. The Labute approximate surface area is 122 Å². The van der Waals surface area contributed by atoms with Gasteiger partial charge in [0.15, 0.2) is 0 Å². The van der Waals surface area contributed by atoms with E-state index in [1.54, 1.807) is 25.3 Å². The molecule has 0 bridgehead atoms. The van der Waals surface area contributed by atoms with Gasteiger partial charge in [-0.15, -0.1) is 0 Å². The highest BCUT2D eigenvalue weighted by Crippen LogP contribution is 2.33. The Kier molecular flexibility index (Phi) is 4.37. The summed E-state index contributed by atoms with van der Waals surface area (Å²) in [6.45, 7) is 1.68. The SMILES string of the molecule is C[C@@H](O)c1cccnc1Oc1ccc(Br)cc1Br. The van der Waals surface area contributed by atoms with Crippen molar-refractivity contribution in [1.29, 1.82) is 0 Å². The van der Waals surface area contributed by atoms with Crippen LogP contribution in [0.3, 0.4) is 0 Å². The molecule has 18 heavy (non-hydrogen) atoms. The molecule has 5 heteroatoms. The minimum Gasteiger partial charge on any atom is -0.437 e. The maximum Gasteiger partial charge on any atom is 0.225 e. The van der Waals surface area contributed by atoms with Gasteiger partial charge in [0, 0.05) is 16.2 Å². The molecule has 1 atom stereocenters. The molecule has 0 unspecified atom stereocenters. The molecule has 1 N–H and O–H groups in total. The molecule has 0 radical (unpaired) electrons. The first-order valence-electron chi connectivity index (χ1n) is 5.34. The number of hydrogen-bond donors (Lipinski definition) is 1. The average molecular weight is 373 g/mol. The Hall–Kier alpha value is -0.910. The maximum absolute atomic E-state index is 9.66. The third kappa shape index (κ3) is 3.10. The lowest BCUT2D eigenvalue weighted by atomic mass is 10.2. The third-order valence-electron chi connectivity index (χ3n) is 2.35. The average Bonchev–Trinajstić information content (AvgIpc) is 2.33. The molecular weight excluding hydrogens is 362 g/mol. The van der Waals surface area contributed by atoms with E-state index in [-0.39, 0.29) is 0 Å². The van der Waals surface area contributed by atoms with Crippen molar-refractivity contribution in [2.24, 2.45) is 0 Å². The van der Waals surface area contributed by atoms with E-state index in [0.717, 1.165) is 8.95 Å². The Balaban J connectivity index is 2.34. The fourth-order valence-corrected chi connectivity index (χ4v) is 2.60. The standard InChI is InChI=1S/C13H11Br2NO2/c1-8(17)10-3-2-6-16-13(10)18-12-5-4-9(14)7-11(12)15/h2-8,17H,1H3/t8-/m1/s1. The molecule has 1 aromatic heterocycles. The smallest absolute Gasteiger partial charge is 0.225 e. The number of hydrogen-bond acceptors (Lipinski definition) is 3. The fraction of sp³-hybridized carbons (Fsp3) is 0.154. The van der Waals surface area contributed by atoms with Crippen LogP contribution in [0.2, 0.25) is 0 Å². The van der Waals surface area contributed by atoms with Crippen LogP contribution in [0.4, 0.5) is 0 Å². The summed E-state index contributed by atoms with van der Waals surface area (Å²) in [5, 5.41) is 9.66. The minimum absolute atomic E-state index is 0.413. The zero-order valence-electron chi connectivity index (χ0n) is 9.60. The number of ether oxygens (including phenoxy) is 1. The second-order valence-electron chi connectivity index (χ2n) is 3.75. The van der Waals surface area contributed by atoms with Crippen molar-refractivity contribution < 1.29 is 9.84 Å². The molecule has 1 heterocycles. The van der Waals surface area contributed by atoms with Gasteiger partial charge < -0.3 is 9.84 Å². The number of aliphatic hydroxyl groups excluding tert-OH is 1. The van der Waals surface area contributed by atoms with E-state index >= 15 is 0 Å². The van der Waals surface area contributed by atoms with Gasteiger partial charge in [0.1, 0.15) is 5.75 Å². The zero-order chi connectivity index (χ0) is 13.1. The highest BCUT2D eigenvalue weighted by atomic mass is 79.9. The van der Waals surface area contributed by atoms with Gasteiger partial charge in [-0.25, -0.2) is 4.98 Å². The summed E-state index contributed by atoms with van der Waals surface area (Å²) >= 11 is 6.80. The molecule has 2 rings (SSSR count). The maximum atomic E-state index is 9.66. The highest BCUT2D eigenvalue weighted by Gasteiger charge is 2.12. The first-order chi connectivity index (χ1) is 8.58. The van der Waals surface area contributed by atoms with Crippen LogP contribution >= 0.6 is 31.9 Å². The number of halogens is 2. The van der Waals surface area contributed by atoms with Gasteiger partial charge >= 0.3 is 0 Å². The summed E-state index contributed by atoms with van der Waals surface area (Å²) in [7, 11) is 0. The van der Waals surface area contributed by atoms with Crippen LogP contribution in [0.15, 0.2) is 45.5 Å². The summed E-state index contributed by atoms with van der Waals surface area (Å²) in [6, 6.07) is 9.16. The van der Waals surface area contributed by atoms with Crippen LogP contribution < -0.4 is 4.74 Å². The molecule has 0 aliphatic rings. The van der Waals surface area contributed by atoms with E-state index in [1.165, 1.54) is 0 Å². The van der Waals surface area contributed by atoms with Crippen molar-refractivity contribution in [3.63, 3.8) is 0 Å². The Bertz CT molecular complexity index is 558. The minimum atomic E-state index is -0.622. The molecule has 0 aliphatic heterocycles. The largest absolute Gasteiger partial charge is 0.437 e. The van der Waals surface area contributed by atoms with Gasteiger partial charge in [-0.05, 0) is 53.2 Å². The van der Waals surface area contributed by atoms with Gasteiger partial charge in [0.2, 0.25) is 5.88 Å². The van der Waals surface area contributed by atoms with Crippen molar-refractivity contribution in [3.8, 4) is 11.6 Å². The van der Waals surface area contributed by atoms with Crippen LogP contribution in [0.25, 0.3) is 0 Å². The first kappa shape index (κ1) is 13.5. The van der Waals surface area contributed by atoms with Crippen LogP contribution in [0.5, 0.6) is 11.6 Å². The second-order valence-corrected chi connectivity index (χ2v) is 5.52. The number of benzene rings is 1. The molecule has 3 nitrogen and oxygen atoms in total. The Morgan fingerprint density at radius 1 is 1.28 bits per heavy atom. The predicted molar refractivity (Wildman–Crippen MR) is 76.8 cm³/mol. The third-order valence-corrected chi connectivity index (χ3v) is 3.46. The monoisotopic (exact) mass is 371 g/mol. The van der Waals surface area contributed by atoms with Crippen LogP contribution in [0.1, 0.15) is 18.6 Å². The van der Waals surface area contributed by atoms with Crippen molar-refractivity contribution in [3.05, 3.63) is 51.0 Å². The van der Waals surface area contributed by atoms with Crippen LogP contribution in [-0.4, -0.2) is 10.1 Å². The van der Waals surface area contributed by atoms with Gasteiger partial charge in [-0.1, -0.05) is 15.9 Å². The number of aliphatic hydroxyl groups is 1. The van der Waals surface area contributed by atoms with E-state index < -0.39 is 6.10 Å². The Morgan fingerprint density at radius 3 is 2.72 bits per heavy atom. The van der Waals surface area contributed by atoms with Crippen molar-refractivity contribution >= 4 is 31.9 Å². The summed E-state index contributed by atoms with van der Waals surface area (Å²) < 4.78 is 7.49. The molecule has 0 fully saturated rings. The lowest BCUT2D eigenvalue weighted by molar-refractivity contribution is 0.194. The van der Waals surface area contributed by atoms with Gasteiger partial charge in [0.25, 0.3) is 0 Å². The predicted octanol–water partition coefficient (Wildman–Crippen LogP) is 4.45. The summed E-state index contributed by atoms with van der Waals surface area (Å²) in [5.41, 5.74) is 0.660. The van der Waals surface area contributed by atoms with Crippen molar-refractivity contribution in [2.75, 3.05) is 0 Å². The number of rotatable bonds is 3. The van der Waals surface area contributed by atoms with Crippen LogP contribution in [-0.2, 0) is 0 Å². The van der Waals surface area contributed by atoms with Gasteiger partial charge in [-0.2, -0.15) is 0 Å². The quantitative estimate of drug-likeness (QED) is 0.865. The summed E-state index contributed by atoms with van der Waals surface area (Å²) in [4.78, 5) is 4.14. The molecule has 94 valence electrons. The molecule has 0 spiro atoms. The normalized spacial score (nSPS) is 12.2. The van der Waals surface area contributed by atoms with E-state index in [4.69, 9.17) is 4.74 Å². The van der Waals surface area contributed by atoms with Gasteiger partial charge in [-0.3, -0.25) is 0 Å². The first-order valence-corrected chi connectivity index (χ1v) is 6.92. The summed E-state index contributed by atoms with van der Waals surface area (Å²) in [5.74, 6) is 1.06. The number of aromatic nitrogens is 1. The molecular formula is C13H11Br2NO2. The Morgan fingerprint density at radius 2 is 2.06 bits per heavy atom. The lowest BCUT2D eigenvalue weighted by Crippen LogP contribution is -1.98. The lowest BCUT2D eigenvalue weighted by Gasteiger charge is -2.12. The number of pyridine rings is 1. The molecule has 1 aromatic carbocycles. The van der Waals surface area contributed by atoms with Crippen LogP contribution in [0, 0.1) is 0 Å². The molecule has 2 aromatic rings. The van der Waals surface area contributed by atoms with E-state index in [0.29, 0.717) is 17.2 Å². The molecule has 0 aliphatic carbocycles. The number of nitrogens with zero attached hydrogens (tertiary/aromatic N) is 1. The topological polar surface area (TPSA) is 42.4 Å². The van der Waals surface area contributed by atoms with E-state index in [9.17, 15) is 5.11 Å². The van der Waals surface area contributed by atoms with E-state index in [2.05, 4.69) is 36.8 Å². The van der Waals surface area contributed by atoms with Gasteiger partial charge in [0.05, 0.1) is 10.6 Å². The highest BCUT2D eigenvalue weighted by molar-refractivity contribution is 9.11. The fourth-order valence-electron chi connectivity index (χ4n) is 1.47. The zero-order valence-corrected chi connectivity index (χ0v) is 12.8. The van der Waals surface area contributed by atoms with E-state index in [1.807, 2.05) is 18.2 Å². The second kappa shape index (κ2) is 5.82. The molecule has 0 amide bonds. The van der Waals surface area contributed by atoms with Crippen molar-refractivity contribution in [2.45, 2.75) is 13.0 Å². The van der Waals surface area contributed by atoms with Crippen molar-refractivity contribution in [1.82, 2.24) is 4.98 Å².